The number of carbonyl (C=O) groups is 1. The van der Waals surface area contributed by atoms with Crippen molar-refractivity contribution in [2.45, 2.75) is 0 Å². The lowest BCUT2D eigenvalue weighted by molar-refractivity contribution is -0.380. The average molecular weight is 290 g/mol. The maximum absolute atomic E-state index is 11.4. The third-order valence-electron chi connectivity index (χ3n) is 2.63. The Balaban J connectivity index is 2.30. The summed E-state index contributed by atoms with van der Waals surface area (Å²) in [5.41, 5.74) is 6.42. The van der Waals surface area contributed by atoms with Gasteiger partial charge in [-0.3, -0.25) is 20.0 Å². The lowest BCUT2D eigenvalue weighted by Gasteiger charge is -2.00. The fourth-order valence-corrected chi connectivity index (χ4v) is 2.63. The van der Waals surface area contributed by atoms with E-state index in [0.29, 0.717) is 22.3 Å². The van der Waals surface area contributed by atoms with Gasteiger partial charge in [0.25, 0.3) is 5.91 Å². The number of rotatable bonds is 3. The molecule has 0 spiro atoms. The second-order valence-electron chi connectivity index (χ2n) is 3.80. The first-order chi connectivity index (χ1) is 9.58. The van der Waals surface area contributed by atoms with Crippen LogP contribution in [0.25, 0.3) is 22.3 Å². The summed E-state index contributed by atoms with van der Waals surface area (Å²) < 4.78 is 0. The fraction of sp³-hybridized carbons (Fsp3) is 0. The molecular formula is C10H6N6O3S. The Hall–Kier alpha value is -2.88. The Kier molecular flexibility index (Phi) is 2.64. The molecule has 0 aliphatic carbocycles. The number of fused-ring (bicyclic) bond motifs is 1. The molecule has 20 heavy (non-hydrogen) atoms. The molecule has 0 atom stereocenters. The van der Waals surface area contributed by atoms with Crippen LogP contribution in [-0.2, 0) is 0 Å². The number of nitrogens with one attached hydrogen (secondary N) is 1. The molecule has 0 aliphatic heterocycles. The van der Waals surface area contributed by atoms with Crippen molar-refractivity contribution < 1.29 is 9.72 Å². The summed E-state index contributed by atoms with van der Waals surface area (Å²) in [6.45, 7) is 0. The highest BCUT2D eigenvalue weighted by molar-refractivity contribution is 7.17. The number of nitrogens with zero attached hydrogens (tertiary/aromatic N) is 4. The zero-order chi connectivity index (χ0) is 14.3. The van der Waals surface area contributed by atoms with Crippen molar-refractivity contribution in [3.05, 3.63) is 33.6 Å². The molecule has 9 nitrogen and oxygen atoms in total. The lowest BCUT2D eigenvalue weighted by Crippen LogP contribution is -2.10. The van der Waals surface area contributed by atoms with E-state index in [4.69, 9.17) is 5.73 Å². The van der Waals surface area contributed by atoms with E-state index in [9.17, 15) is 14.9 Å². The summed E-state index contributed by atoms with van der Waals surface area (Å²) in [4.78, 5) is 29.8. The maximum atomic E-state index is 11.4. The smallest absolute Gasteiger partial charge is 0.325 e. The minimum absolute atomic E-state index is 0.0814. The van der Waals surface area contributed by atoms with Crippen molar-refractivity contribution >= 4 is 33.3 Å². The second kappa shape index (κ2) is 4.35. The van der Waals surface area contributed by atoms with Gasteiger partial charge >= 0.3 is 5.00 Å². The van der Waals surface area contributed by atoms with Crippen molar-refractivity contribution in [3.63, 3.8) is 0 Å². The van der Waals surface area contributed by atoms with Crippen LogP contribution >= 0.6 is 11.3 Å². The molecule has 0 aliphatic rings. The standard InChI is InChI=1S/C10H6N6O3S/c11-9(17)8-4(1-6(20-8)16(18)19)7-5-2-14-15-10(5)13-3-12-7/h1-3H,(H2,11,17)(H,12,13,14,15). The predicted molar refractivity (Wildman–Crippen MR) is 70.2 cm³/mol. The van der Waals surface area contributed by atoms with E-state index in [-0.39, 0.29) is 9.88 Å². The van der Waals surface area contributed by atoms with Crippen LogP contribution in [0.5, 0.6) is 0 Å². The van der Waals surface area contributed by atoms with Gasteiger partial charge in [0, 0.05) is 11.6 Å². The number of thiophene rings is 1. The van der Waals surface area contributed by atoms with Gasteiger partial charge in [-0.05, 0) is 0 Å². The van der Waals surface area contributed by atoms with Crippen LogP contribution in [0.1, 0.15) is 9.67 Å². The van der Waals surface area contributed by atoms with E-state index in [1.54, 1.807) is 0 Å². The highest BCUT2D eigenvalue weighted by Crippen LogP contribution is 2.36. The fourth-order valence-electron chi connectivity index (χ4n) is 1.81. The van der Waals surface area contributed by atoms with Gasteiger partial charge in [-0.2, -0.15) is 5.10 Å². The van der Waals surface area contributed by atoms with E-state index in [2.05, 4.69) is 20.2 Å². The number of aromatic nitrogens is 4. The topological polar surface area (TPSA) is 141 Å². The third kappa shape index (κ3) is 1.78. The minimum Gasteiger partial charge on any atom is -0.365 e. The Morgan fingerprint density at radius 3 is 2.95 bits per heavy atom. The van der Waals surface area contributed by atoms with Crippen LogP contribution in [0, 0.1) is 10.1 Å². The van der Waals surface area contributed by atoms with Crippen LogP contribution in [0.2, 0.25) is 0 Å². The number of carbonyl (C=O) groups excluding carboxylic acids is 1. The average Bonchev–Trinajstić information content (AvgIpc) is 3.04. The largest absolute Gasteiger partial charge is 0.365 e. The number of hydrogen-bond acceptors (Lipinski definition) is 7. The predicted octanol–water partition coefficient (Wildman–Crippen LogP) is 1.09. The molecule has 3 N–H and O–H groups in total. The third-order valence-corrected chi connectivity index (χ3v) is 3.73. The van der Waals surface area contributed by atoms with Crippen molar-refractivity contribution in [1.82, 2.24) is 20.2 Å². The van der Waals surface area contributed by atoms with Crippen LogP contribution < -0.4 is 5.73 Å². The summed E-state index contributed by atoms with van der Waals surface area (Å²) >= 11 is 0.717. The van der Waals surface area contributed by atoms with E-state index >= 15 is 0 Å². The quantitative estimate of drug-likeness (QED) is 0.546. The SMILES string of the molecule is NC(=O)c1sc([N+](=O)[O-])cc1-c1ncnc2[nH]ncc12. The van der Waals surface area contributed by atoms with Crippen LogP contribution in [0.4, 0.5) is 5.00 Å². The number of amides is 1. The summed E-state index contributed by atoms with van der Waals surface area (Å²) in [5, 5.41) is 17.7. The van der Waals surface area contributed by atoms with Gasteiger partial charge in [0.2, 0.25) is 0 Å². The highest BCUT2D eigenvalue weighted by Gasteiger charge is 2.23. The molecule has 3 rings (SSSR count). The molecular weight excluding hydrogens is 284 g/mol. The monoisotopic (exact) mass is 290 g/mol. The first-order valence-electron chi connectivity index (χ1n) is 5.30. The molecule has 0 saturated carbocycles. The van der Waals surface area contributed by atoms with Crippen molar-refractivity contribution in [2.75, 3.05) is 0 Å². The summed E-state index contributed by atoms with van der Waals surface area (Å²) in [6, 6.07) is 1.28. The molecule has 0 saturated heterocycles. The Labute approximate surface area is 114 Å². The maximum Gasteiger partial charge on any atom is 0.325 e. The first kappa shape index (κ1) is 12.2. The Bertz CT molecular complexity index is 839. The van der Waals surface area contributed by atoms with Gasteiger partial charge in [-0.25, -0.2) is 9.97 Å². The van der Waals surface area contributed by atoms with Crippen molar-refractivity contribution in [3.8, 4) is 11.3 Å². The van der Waals surface area contributed by atoms with Crippen molar-refractivity contribution in [1.29, 1.82) is 0 Å². The van der Waals surface area contributed by atoms with E-state index < -0.39 is 10.8 Å². The van der Waals surface area contributed by atoms with Gasteiger partial charge in [-0.1, -0.05) is 11.3 Å². The van der Waals surface area contributed by atoms with Crippen LogP contribution in [0.3, 0.4) is 0 Å². The summed E-state index contributed by atoms with van der Waals surface area (Å²) in [5.74, 6) is -0.742. The molecule has 10 heteroatoms. The lowest BCUT2D eigenvalue weighted by atomic mass is 10.1. The molecule has 0 radical (unpaired) electrons. The molecule has 3 heterocycles. The number of hydrogen-bond donors (Lipinski definition) is 2. The number of nitrogens with two attached hydrogens (primary N) is 1. The molecule has 1 amide bonds. The molecule has 0 fully saturated rings. The minimum atomic E-state index is -0.742. The number of aromatic amines is 1. The molecule has 0 aromatic carbocycles. The van der Waals surface area contributed by atoms with Crippen molar-refractivity contribution in [2.24, 2.45) is 5.73 Å². The molecule has 3 aromatic heterocycles. The Morgan fingerprint density at radius 2 is 2.25 bits per heavy atom. The summed E-state index contributed by atoms with van der Waals surface area (Å²) in [6.07, 6.45) is 2.77. The Morgan fingerprint density at radius 1 is 1.45 bits per heavy atom. The van der Waals surface area contributed by atoms with Gasteiger partial charge in [-0.15, -0.1) is 0 Å². The van der Waals surface area contributed by atoms with E-state index in [0.717, 1.165) is 11.3 Å². The molecule has 3 aromatic rings. The molecule has 0 bridgehead atoms. The zero-order valence-corrected chi connectivity index (χ0v) is 10.5. The number of H-pyrrole nitrogens is 1. The number of nitro groups is 1. The normalized spacial score (nSPS) is 10.8. The van der Waals surface area contributed by atoms with Gasteiger partial charge in [0.1, 0.15) is 11.2 Å². The van der Waals surface area contributed by atoms with E-state index in [1.807, 2.05) is 0 Å². The van der Waals surface area contributed by atoms with E-state index in [1.165, 1.54) is 18.6 Å². The van der Waals surface area contributed by atoms with Gasteiger partial charge in [0.05, 0.1) is 22.2 Å². The van der Waals surface area contributed by atoms with Gasteiger partial charge in [0.15, 0.2) is 5.65 Å². The zero-order valence-electron chi connectivity index (χ0n) is 9.73. The molecule has 0 unspecified atom stereocenters. The van der Waals surface area contributed by atoms with Crippen LogP contribution in [-0.4, -0.2) is 31.0 Å². The summed E-state index contributed by atoms with van der Waals surface area (Å²) in [7, 11) is 0. The molecule has 100 valence electrons. The number of primary amides is 1. The van der Waals surface area contributed by atoms with Crippen LogP contribution in [0.15, 0.2) is 18.6 Å². The second-order valence-corrected chi connectivity index (χ2v) is 4.83. The first-order valence-corrected chi connectivity index (χ1v) is 6.12. The van der Waals surface area contributed by atoms with Gasteiger partial charge < -0.3 is 5.73 Å². The highest BCUT2D eigenvalue weighted by atomic mass is 32.1.